The Morgan fingerprint density at radius 1 is 0.974 bits per heavy atom. The SMILES string of the molecule is C=CCNc1nc(NCc2ccc(C(=O)NCCOCCOCCN)cc2)nc(NC2CC3CCC2C3)n1. The standard InChI is InChI=1S/C27H40N8O3/c1-2-10-30-25-33-26(35-27(34-25)32-23-17-20-5-8-22(23)16-20)31-18-19-3-6-21(7-4-19)24(36)29-11-13-38-15-14-37-12-9-28/h2-4,6-7,20,22-23H,1,5,8-18,28H2,(H,29,36)(H3,30,31,32,33,34,35). The fourth-order valence-corrected chi connectivity index (χ4v) is 5.05. The third-order valence-electron chi connectivity index (χ3n) is 6.93. The summed E-state index contributed by atoms with van der Waals surface area (Å²) in [5.41, 5.74) is 6.96. The van der Waals surface area contributed by atoms with Crippen LogP contribution in [-0.4, -0.2) is 73.0 Å². The molecular formula is C27H40N8O3. The van der Waals surface area contributed by atoms with E-state index in [0.717, 1.165) is 11.5 Å². The minimum atomic E-state index is -0.140. The van der Waals surface area contributed by atoms with Crippen LogP contribution in [0, 0.1) is 11.8 Å². The first-order chi connectivity index (χ1) is 18.6. The van der Waals surface area contributed by atoms with E-state index in [0.29, 0.717) is 88.0 Å². The highest BCUT2D eigenvalue weighted by Gasteiger charge is 2.39. The predicted octanol–water partition coefficient (Wildman–Crippen LogP) is 2.40. The minimum Gasteiger partial charge on any atom is -0.378 e. The molecule has 1 heterocycles. The lowest BCUT2D eigenvalue weighted by Crippen LogP contribution is -2.27. The fourth-order valence-electron chi connectivity index (χ4n) is 5.05. The van der Waals surface area contributed by atoms with Crippen molar-refractivity contribution in [2.45, 2.75) is 38.3 Å². The molecule has 0 aliphatic heterocycles. The molecule has 38 heavy (non-hydrogen) atoms. The van der Waals surface area contributed by atoms with Gasteiger partial charge in [-0.3, -0.25) is 4.79 Å². The van der Waals surface area contributed by atoms with E-state index in [-0.39, 0.29) is 5.91 Å². The summed E-state index contributed by atoms with van der Waals surface area (Å²) in [6.07, 6.45) is 6.89. The summed E-state index contributed by atoms with van der Waals surface area (Å²) in [7, 11) is 0. The molecule has 6 N–H and O–H groups in total. The van der Waals surface area contributed by atoms with Gasteiger partial charge in [-0.25, -0.2) is 0 Å². The summed E-state index contributed by atoms with van der Waals surface area (Å²) in [6, 6.07) is 7.87. The van der Waals surface area contributed by atoms with Crippen molar-refractivity contribution in [2.75, 3.05) is 62.0 Å². The van der Waals surface area contributed by atoms with Gasteiger partial charge in [0.2, 0.25) is 17.8 Å². The quantitative estimate of drug-likeness (QED) is 0.154. The smallest absolute Gasteiger partial charge is 0.251 e. The Labute approximate surface area is 224 Å². The number of benzene rings is 1. The van der Waals surface area contributed by atoms with Crippen LogP contribution in [-0.2, 0) is 16.0 Å². The molecule has 2 bridgehead atoms. The maximum absolute atomic E-state index is 12.4. The van der Waals surface area contributed by atoms with Gasteiger partial charge < -0.3 is 36.5 Å². The molecule has 3 unspecified atom stereocenters. The zero-order valence-corrected chi connectivity index (χ0v) is 22.0. The first-order valence-electron chi connectivity index (χ1n) is 13.5. The lowest BCUT2D eigenvalue weighted by molar-refractivity contribution is 0.0511. The molecule has 0 saturated heterocycles. The van der Waals surface area contributed by atoms with Gasteiger partial charge in [-0.15, -0.1) is 6.58 Å². The first-order valence-corrected chi connectivity index (χ1v) is 13.5. The normalized spacial score (nSPS) is 19.8. The molecule has 206 valence electrons. The molecule has 0 spiro atoms. The zero-order valence-electron chi connectivity index (χ0n) is 22.0. The molecule has 2 aromatic rings. The van der Waals surface area contributed by atoms with Crippen LogP contribution >= 0.6 is 0 Å². The average Bonchev–Trinajstić information content (AvgIpc) is 3.56. The number of nitrogens with zero attached hydrogens (tertiary/aromatic N) is 3. The predicted molar refractivity (Wildman–Crippen MR) is 148 cm³/mol. The minimum absolute atomic E-state index is 0.140. The van der Waals surface area contributed by atoms with Gasteiger partial charge >= 0.3 is 0 Å². The summed E-state index contributed by atoms with van der Waals surface area (Å²) in [4.78, 5) is 26.1. The van der Waals surface area contributed by atoms with Crippen LogP contribution in [0.5, 0.6) is 0 Å². The Morgan fingerprint density at radius 3 is 2.39 bits per heavy atom. The summed E-state index contributed by atoms with van der Waals surface area (Å²) in [5.74, 6) is 2.99. The Kier molecular flexibility index (Phi) is 10.7. The van der Waals surface area contributed by atoms with Gasteiger partial charge in [-0.1, -0.05) is 24.6 Å². The van der Waals surface area contributed by atoms with Crippen LogP contribution in [0.2, 0.25) is 0 Å². The molecule has 1 aromatic heterocycles. The molecule has 1 amide bonds. The molecule has 2 saturated carbocycles. The van der Waals surface area contributed by atoms with Gasteiger partial charge in [0.25, 0.3) is 5.91 Å². The molecule has 0 radical (unpaired) electrons. The molecule has 3 atom stereocenters. The number of nitrogens with two attached hydrogens (primary N) is 1. The van der Waals surface area contributed by atoms with Crippen molar-refractivity contribution in [1.29, 1.82) is 0 Å². The zero-order chi connectivity index (χ0) is 26.6. The number of amides is 1. The number of hydrogen-bond acceptors (Lipinski definition) is 10. The highest BCUT2D eigenvalue weighted by molar-refractivity contribution is 5.94. The van der Waals surface area contributed by atoms with E-state index in [2.05, 4.69) is 42.8 Å². The molecule has 11 heteroatoms. The number of carbonyl (C=O) groups is 1. The molecule has 11 nitrogen and oxygen atoms in total. The second-order valence-corrected chi connectivity index (χ2v) is 9.72. The number of anilines is 3. The number of nitrogens with one attached hydrogen (secondary N) is 4. The first kappa shape index (κ1) is 27.7. The molecule has 2 fully saturated rings. The molecule has 2 aliphatic rings. The van der Waals surface area contributed by atoms with E-state index in [9.17, 15) is 4.79 Å². The number of carbonyl (C=O) groups excluding carboxylic acids is 1. The maximum Gasteiger partial charge on any atom is 0.251 e. The van der Waals surface area contributed by atoms with E-state index < -0.39 is 0 Å². The topological polar surface area (TPSA) is 148 Å². The number of aromatic nitrogens is 3. The van der Waals surface area contributed by atoms with Gasteiger partial charge in [-0.05, 0) is 48.8 Å². The van der Waals surface area contributed by atoms with Crippen LogP contribution in [0.15, 0.2) is 36.9 Å². The third-order valence-corrected chi connectivity index (χ3v) is 6.93. The van der Waals surface area contributed by atoms with E-state index in [4.69, 9.17) is 15.2 Å². The number of fused-ring (bicyclic) bond motifs is 2. The molecule has 2 aliphatic carbocycles. The molecular weight excluding hydrogens is 484 g/mol. The van der Waals surface area contributed by atoms with Crippen molar-refractivity contribution in [1.82, 2.24) is 20.3 Å². The summed E-state index contributed by atoms with van der Waals surface area (Å²) < 4.78 is 10.7. The fraction of sp³-hybridized carbons (Fsp3) is 0.556. The van der Waals surface area contributed by atoms with Crippen LogP contribution in [0.1, 0.15) is 41.6 Å². The van der Waals surface area contributed by atoms with Crippen molar-refractivity contribution < 1.29 is 14.3 Å². The second kappa shape index (κ2) is 14.6. The lowest BCUT2D eigenvalue weighted by atomic mass is 9.95. The van der Waals surface area contributed by atoms with Crippen molar-refractivity contribution >= 4 is 23.8 Å². The second-order valence-electron chi connectivity index (χ2n) is 9.72. The van der Waals surface area contributed by atoms with E-state index in [1.54, 1.807) is 18.2 Å². The highest BCUT2D eigenvalue weighted by Crippen LogP contribution is 2.45. The van der Waals surface area contributed by atoms with E-state index in [1.165, 1.54) is 25.7 Å². The Morgan fingerprint density at radius 2 is 1.71 bits per heavy atom. The van der Waals surface area contributed by atoms with Crippen LogP contribution in [0.25, 0.3) is 0 Å². The Bertz CT molecular complexity index is 1040. The highest BCUT2D eigenvalue weighted by atomic mass is 16.5. The van der Waals surface area contributed by atoms with Crippen molar-refractivity contribution in [3.8, 4) is 0 Å². The van der Waals surface area contributed by atoms with Crippen molar-refractivity contribution in [3.63, 3.8) is 0 Å². The van der Waals surface area contributed by atoms with Crippen molar-refractivity contribution in [3.05, 3.63) is 48.0 Å². The van der Waals surface area contributed by atoms with Crippen molar-refractivity contribution in [2.24, 2.45) is 17.6 Å². The number of rotatable bonds is 17. The summed E-state index contributed by atoms with van der Waals surface area (Å²) >= 11 is 0. The van der Waals surface area contributed by atoms with Gasteiger partial charge in [0.1, 0.15) is 0 Å². The van der Waals surface area contributed by atoms with Gasteiger partial charge in [0.15, 0.2) is 0 Å². The van der Waals surface area contributed by atoms with Gasteiger partial charge in [0, 0.05) is 37.8 Å². The molecule has 4 rings (SSSR count). The van der Waals surface area contributed by atoms with E-state index in [1.807, 2.05) is 12.1 Å². The number of hydrogen-bond donors (Lipinski definition) is 5. The van der Waals surface area contributed by atoms with Crippen LogP contribution in [0.3, 0.4) is 0 Å². The monoisotopic (exact) mass is 524 g/mol. The van der Waals surface area contributed by atoms with E-state index >= 15 is 0 Å². The summed E-state index contributed by atoms with van der Waals surface area (Å²) in [6.45, 7) is 7.68. The molecule has 1 aromatic carbocycles. The summed E-state index contributed by atoms with van der Waals surface area (Å²) in [5, 5.41) is 12.9. The van der Waals surface area contributed by atoms with Gasteiger partial charge in [0.05, 0.1) is 26.4 Å². The lowest BCUT2D eigenvalue weighted by Gasteiger charge is -2.23. The van der Waals surface area contributed by atoms with Crippen LogP contribution in [0.4, 0.5) is 17.8 Å². The largest absolute Gasteiger partial charge is 0.378 e. The van der Waals surface area contributed by atoms with Crippen LogP contribution < -0.4 is 27.0 Å². The average molecular weight is 525 g/mol. The third kappa shape index (κ3) is 8.37. The maximum atomic E-state index is 12.4. The Balaban J connectivity index is 1.25. The Hall–Kier alpha value is -3.28. The number of ether oxygens (including phenoxy) is 2. The van der Waals surface area contributed by atoms with Gasteiger partial charge in [-0.2, -0.15) is 15.0 Å².